The van der Waals surface area contributed by atoms with E-state index in [4.69, 9.17) is 0 Å². The number of likely N-dealkylation sites (N-methyl/N-ethyl adjacent to an activating group) is 1. The zero-order chi connectivity index (χ0) is 13.4. The summed E-state index contributed by atoms with van der Waals surface area (Å²) in [6.07, 6.45) is 4.94. The molecule has 3 heteroatoms. The smallest absolute Gasteiger partial charge is 0.126 e. The SMILES string of the molecule is CCNC(Cc1cc(Br)ccc1F)C1CC2CC2C1. The van der Waals surface area contributed by atoms with Crippen molar-refractivity contribution >= 4 is 15.9 Å². The van der Waals surface area contributed by atoms with E-state index < -0.39 is 0 Å². The van der Waals surface area contributed by atoms with Gasteiger partial charge in [0, 0.05) is 10.5 Å². The molecule has 1 aromatic carbocycles. The summed E-state index contributed by atoms with van der Waals surface area (Å²) in [6, 6.07) is 5.69. The van der Waals surface area contributed by atoms with Gasteiger partial charge >= 0.3 is 0 Å². The summed E-state index contributed by atoms with van der Waals surface area (Å²) >= 11 is 3.44. The van der Waals surface area contributed by atoms with E-state index in [1.165, 1.54) is 19.3 Å². The summed E-state index contributed by atoms with van der Waals surface area (Å²) < 4.78 is 14.9. The van der Waals surface area contributed by atoms with Crippen molar-refractivity contribution in [3.05, 3.63) is 34.1 Å². The quantitative estimate of drug-likeness (QED) is 0.857. The Morgan fingerprint density at radius 1 is 1.32 bits per heavy atom. The molecule has 0 radical (unpaired) electrons. The fourth-order valence-corrected chi connectivity index (χ4v) is 4.10. The van der Waals surface area contributed by atoms with Crippen LogP contribution in [0.5, 0.6) is 0 Å². The van der Waals surface area contributed by atoms with E-state index in [9.17, 15) is 4.39 Å². The van der Waals surface area contributed by atoms with Crippen LogP contribution in [0, 0.1) is 23.6 Å². The maximum absolute atomic E-state index is 13.9. The van der Waals surface area contributed by atoms with Crippen molar-refractivity contribution in [2.24, 2.45) is 17.8 Å². The lowest BCUT2D eigenvalue weighted by Gasteiger charge is -2.26. The minimum Gasteiger partial charge on any atom is -0.314 e. The molecule has 1 N–H and O–H groups in total. The van der Waals surface area contributed by atoms with Crippen LogP contribution in [0.1, 0.15) is 31.7 Å². The molecule has 0 saturated heterocycles. The highest BCUT2D eigenvalue weighted by Gasteiger charge is 2.47. The van der Waals surface area contributed by atoms with E-state index in [1.54, 1.807) is 12.1 Å². The standard InChI is InChI=1S/C16H21BrFN/c1-2-19-16(13-6-10-5-11(10)7-13)9-12-8-14(17)3-4-15(12)18/h3-4,8,10-11,13,16,19H,2,5-7,9H2,1H3. The first-order valence-electron chi connectivity index (χ1n) is 7.34. The first-order valence-corrected chi connectivity index (χ1v) is 8.14. The van der Waals surface area contributed by atoms with E-state index in [0.29, 0.717) is 6.04 Å². The van der Waals surface area contributed by atoms with Crippen LogP contribution in [0.15, 0.2) is 22.7 Å². The molecule has 0 amide bonds. The number of fused-ring (bicyclic) bond motifs is 1. The number of hydrogen-bond acceptors (Lipinski definition) is 1. The Balaban J connectivity index is 1.71. The summed E-state index contributed by atoms with van der Waals surface area (Å²) in [5.41, 5.74) is 0.834. The summed E-state index contributed by atoms with van der Waals surface area (Å²) in [7, 11) is 0. The Morgan fingerprint density at radius 2 is 2.05 bits per heavy atom. The molecule has 19 heavy (non-hydrogen) atoms. The molecule has 0 spiro atoms. The predicted octanol–water partition coefficient (Wildman–Crippen LogP) is 4.15. The summed E-state index contributed by atoms with van der Waals surface area (Å²) in [4.78, 5) is 0. The lowest BCUT2D eigenvalue weighted by Crippen LogP contribution is -2.37. The van der Waals surface area contributed by atoms with Crippen molar-refractivity contribution in [1.82, 2.24) is 5.32 Å². The average Bonchev–Trinajstić information content (AvgIpc) is 3.00. The second kappa shape index (κ2) is 5.53. The van der Waals surface area contributed by atoms with Gasteiger partial charge in [0.25, 0.3) is 0 Å². The molecule has 2 saturated carbocycles. The normalized spacial score (nSPS) is 30.2. The molecule has 104 valence electrons. The fraction of sp³-hybridized carbons (Fsp3) is 0.625. The number of rotatable bonds is 5. The summed E-state index contributed by atoms with van der Waals surface area (Å²) in [5.74, 6) is 2.63. The van der Waals surface area contributed by atoms with Gasteiger partial charge in [-0.15, -0.1) is 0 Å². The van der Waals surface area contributed by atoms with Crippen LogP contribution >= 0.6 is 15.9 Å². The van der Waals surface area contributed by atoms with E-state index in [-0.39, 0.29) is 5.82 Å². The Labute approximate surface area is 123 Å². The predicted molar refractivity (Wildman–Crippen MR) is 79.6 cm³/mol. The lowest BCUT2D eigenvalue weighted by atomic mass is 9.89. The Morgan fingerprint density at radius 3 is 2.74 bits per heavy atom. The molecular formula is C16H21BrFN. The van der Waals surface area contributed by atoms with Crippen molar-refractivity contribution in [2.45, 2.75) is 38.6 Å². The van der Waals surface area contributed by atoms with E-state index in [2.05, 4.69) is 28.2 Å². The van der Waals surface area contributed by atoms with Gasteiger partial charge in [0.05, 0.1) is 0 Å². The third kappa shape index (κ3) is 3.03. The zero-order valence-electron chi connectivity index (χ0n) is 11.3. The lowest BCUT2D eigenvalue weighted by molar-refractivity contribution is 0.334. The van der Waals surface area contributed by atoms with E-state index >= 15 is 0 Å². The maximum Gasteiger partial charge on any atom is 0.126 e. The molecule has 0 aromatic heterocycles. The molecule has 2 fully saturated rings. The van der Waals surface area contributed by atoms with Gasteiger partial charge in [-0.05, 0) is 73.7 Å². The van der Waals surface area contributed by atoms with Gasteiger partial charge in [0.1, 0.15) is 5.82 Å². The van der Waals surface area contributed by atoms with Crippen molar-refractivity contribution in [2.75, 3.05) is 6.54 Å². The maximum atomic E-state index is 13.9. The van der Waals surface area contributed by atoms with Gasteiger partial charge < -0.3 is 5.32 Å². The highest BCUT2D eigenvalue weighted by Crippen LogP contribution is 2.55. The summed E-state index contributed by atoms with van der Waals surface area (Å²) in [5, 5.41) is 3.58. The number of halogens is 2. The first kappa shape index (κ1) is 13.6. The topological polar surface area (TPSA) is 12.0 Å². The molecule has 0 bridgehead atoms. The van der Waals surface area contributed by atoms with Gasteiger partial charge in [0.15, 0.2) is 0 Å². The van der Waals surface area contributed by atoms with Gasteiger partial charge in [-0.3, -0.25) is 0 Å². The zero-order valence-corrected chi connectivity index (χ0v) is 12.9. The minimum atomic E-state index is -0.0748. The highest BCUT2D eigenvalue weighted by atomic mass is 79.9. The molecule has 3 atom stereocenters. The van der Waals surface area contributed by atoms with E-state index in [0.717, 1.165) is 40.8 Å². The van der Waals surface area contributed by atoms with Crippen LogP contribution in [0.4, 0.5) is 4.39 Å². The second-order valence-corrected chi connectivity index (χ2v) is 7.01. The summed E-state index contributed by atoms with van der Waals surface area (Å²) in [6.45, 7) is 3.10. The third-order valence-corrected chi connectivity index (χ3v) is 5.26. The number of benzene rings is 1. The van der Waals surface area contributed by atoms with Crippen LogP contribution in [0.2, 0.25) is 0 Å². The van der Waals surface area contributed by atoms with Crippen LogP contribution in [-0.2, 0) is 6.42 Å². The van der Waals surface area contributed by atoms with Gasteiger partial charge in [-0.1, -0.05) is 22.9 Å². The second-order valence-electron chi connectivity index (χ2n) is 6.09. The van der Waals surface area contributed by atoms with Gasteiger partial charge in [-0.2, -0.15) is 0 Å². The molecule has 3 unspecified atom stereocenters. The first-order chi connectivity index (χ1) is 9.17. The van der Waals surface area contributed by atoms with Crippen LogP contribution in [0.25, 0.3) is 0 Å². The molecule has 0 aliphatic heterocycles. The molecular weight excluding hydrogens is 305 g/mol. The minimum absolute atomic E-state index is 0.0748. The number of hydrogen-bond donors (Lipinski definition) is 1. The van der Waals surface area contributed by atoms with Crippen molar-refractivity contribution < 1.29 is 4.39 Å². The molecule has 1 aromatic rings. The Hall–Kier alpha value is -0.410. The molecule has 3 rings (SSSR count). The van der Waals surface area contributed by atoms with Crippen molar-refractivity contribution in [3.63, 3.8) is 0 Å². The monoisotopic (exact) mass is 325 g/mol. The fourth-order valence-electron chi connectivity index (χ4n) is 3.69. The largest absolute Gasteiger partial charge is 0.314 e. The molecule has 2 aliphatic rings. The van der Waals surface area contributed by atoms with Crippen LogP contribution in [-0.4, -0.2) is 12.6 Å². The van der Waals surface area contributed by atoms with Crippen molar-refractivity contribution in [3.8, 4) is 0 Å². The average molecular weight is 326 g/mol. The molecule has 0 heterocycles. The van der Waals surface area contributed by atoms with Gasteiger partial charge in [-0.25, -0.2) is 4.39 Å². The highest BCUT2D eigenvalue weighted by molar-refractivity contribution is 9.10. The van der Waals surface area contributed by atoms with E-state index in [1.807, 2.05) is 6.07 Å². The third-order valence-electron chi connectivity index (χ3n) is 4.76. The molecule has 1 nitrogen and oxygen atoms in total. The number of nitrogens with one attached hydrogen (secondary N) is 1. The Kier molecular flexibility index (Phi) is 3.95. The molecule has 2 aliphatic carbocycles. The van der Waals surface area contributed by atoms with Crippen LogP contribution < -0.4 is 5.32 Å². The van der Waals surface area contributed by atoms with Crippen LogP contribution in [0.3, 0.4) is 0 Å². The van der Waals surface area contributed by atoms with Gasteiger partial charge in [0.2, 0.25) is 0 Å². The Bertz CT molecular complexity index is 452. The van der Waals surface area contributed by atoms with Crippen molar-refractivity contribution in [1.29, 1.82) is 0 Å².